The zero-order valence-corrected chi connectivity index (χ0v) is 11.1. The molecule has 0 aliphatic rings. The minimum absolute atomic E-state index is 0.00612. The van der Waals surface area contributed by atoms with E-state index >= 15 is 0 Å². The Morgan fingerprint density at radius 3 is 1.88 bits per heavy atom. The summed E-state index contributed by atoms with van der Waals surface area (Å²) < 4.78 is 0. The molecule has 1 nitrogen and oxygen atoms in total. The van der Waals surface area contributed by atoms with Crippen molar-refractivity contribution in [2.75, 3.05) is 0 Å². The number of hydrogen-bond acceptors (Lipinski definition) is 1. The van der Waals surface area contributed by atoms with E-state index in [0.29, 0.717) is 5.02 Å². The summed E-state index contributed by atoms with van der Waals surface area (Å²) in [4.78, 5) is 0. The van der Waals surface area contributed by atoms with Gasteiger partial charge in [0.05, 0.1) is 6.10 Å². The molecule has 2 heteroatoms. The van der Waals surface area contributed by atoms with Crippen LogP contribution in [0, 0.1) is 5.41 Å². The molecule has 1 N–H and O–H groups in total. The third kappa shape index (κ3) is 2.58. The zero-order valence-electron chi connectivity index (χ0n) is 10.3. The summed E-state index contributed by atoms with van der Waals surface area (Å²) in [6.45, 7) is 6.43. The first kappa shape index (κ1) is 13.5. The number of rotatable bonds is 5. The van der Waals surface area contributed by atoms with E-state index in [1.807, 2.05) is 24.3 Å². The summed E-state index contributed by atoms with van der Waals surface area (Å²) >= 11 is 5.85. The molecule has 16 heavy (non-hydrogen) atoms. The second-order valence-electron chi connectivity index (χ2n) is 4.38. The lowest BCUT2D eigenvalue weighted by molar-refractivity contribution is 0.0124. The Kier molecular flexibility index (Phi) is 4.82. The van der Waals surface area contributed by atoms with Gasteiger partial charge in [0, 0.05) is 5.02 Å². The Balaban J connectivity index is 2.98. The van der Waals surface area contributed by atoms with Crippen molar-refractivity contribution in [1.82, 2.24) is 0 Å². The van der Waals surface area contributed by atoms with E-state index in [1.165, 1.54) is 0 Å². The summed E-state index contributed by atoms with van der Waals surface area (Å²) in [5.74, 6) is 0. The first-order valence-electron chi connectivity index (χ1n) is 6.03. The smallest absolute Gasteiger partial charge is 0.0845 e. The van der Waals surface area contributed by atoms with Crippen LogP contribution in [-0.4, -0.2) is 5.11 Å². The molecule has 0 radical (unpaired) electrons. The van der Waals surface area contributed by atoms with Crippen molar-refractivity contribution in [1.29, 1.82) is 0 Å². The SMILES string of the molecule is CCC(CC)(CC)C(O)c1ccc(Cl)cc1. The van der Waals surface area contributed by atoms with Crippen LogP contribution in [0.25, 0.3) is 0 Å². The van der Waals surface area contributed by atoms with Crippen LogP contribution in [0.3, 0.4) is 0 Å². The van der Waals surface area contributed by atoms with Gasteiger partial charge in [-0.2, -0.15) is 0 Å². The lowest BCUT2D eigenvalue weighted by Crippen LogP contribution is -2.27. The van der Waals surface area contributed by atoms with Crippen LogP contribution in [0.1, 0.15) is 51.7 Å². The monoisotopic (exact) mass is 240 g/mol. The summed E-state index contributed by atoms with van der Waals surface area (Å²) in [5, 5.41) is 11.2. The van der Waals surface area contributed by atoms with Crippen molar-refractivity contribution in [2.24, 2.45) is 5.41 Å². The van der Waals surface area contributed by atoms with Crippen LogP contribution < -0.4 is 0 Å². The van der Waals surface area contributed by atoms with E-state index < -0.39 is 6.10 Å². The van der Waals surface area contributed by atoms with Gasteiger partial charge in [-0.3, -0.25) is 0 Å². The predicted octanol–water partition coefficient (Wildman–Crippen LogP) is 4.59. The standard InChI is InChI=1S/C14H21ClO/c1-4-14(5-2,6-3)13(16)11-7-9-12(15)10-8-11/h7-10,13,16H,4-6H2,1-3H3. The third-order valence-corrected chi connectivity index (χ3v) is 4.13. The molecule has 0 heterocycles. The van der Waals surface area contributed by atoms with E-state index in [1.54, 1.807) is 0 Å². The van der Waals surface area contributed by atoms with Crippen molar-refractivity contribution < 1.29 is 5.11 Å². The van der Waals surface area contributed by atoms with Crippen molar-refractivity contribution in [3.05, 3.63) is 34.9 Å². The molecule has 0 saturated carbocycles. The van der Waals surface area contributed by atoms with E-state index in [4.69, 9.17) is 11.6 Å². The Labute approximate surface area is 103 Å². The first-order chi connectivity index (χ1) is 7.59. The fourth-order valence-corrected chi connectivity index (χ4v) is 2.45. The normalized spacial score (nSPS) is 13.8. The lowest BCUT2D eigenvalue weighted by Gasteiger charge is -2.36. The molecule has 0 saturated heterocycles. The largest absolute Gasteiger partial charge is 0.388 e. The van der Waals surface area contributed by atoms with Crippen molar-refractivity contribution in [3.63, 3.8) is 0 Å². The highest BCUT2D eigenvalue weighted by Crippen LogP contribution is 2.43. The molecule has 0 aromatic heterocycles. The Hall–Kier alpha value is -0.530. The van der Waals surface area contributed by atoms with Crippen molar-refractivity contribution >= 4 is 11.6 Å². The summed E-state index contributed by atoms with van der Waals surface area (Å²) in [7, 11) is 0. The molecular weight excluding hydrogens is 220 g/mol. The Bertz CT molecular complexity index is 306. The lowest BCUT2D eigenvalue weighted by atomic mass is 9.72. The average Bonchev–Trinajstić information content (AvgIpc) is 2.33. The topological polar surface area (TPSA) is 20.2 Å². The van der Waals surface area contributed by atoms with Crippen LogP contribution >= 0.6 is 11.6 Å². The maximum absolute atomic E-state index is 10.5. The highest BCUT2D eigenvalue weighted by Gasteiger charge is 2.33. The molecule has 1 atom stereocenters. The van der Waals surface area contributed by atoms with Gasteiger partial charge in [-0.15, -0.1) is 0 Å². The molecule has 1 aromatic carbocycles. The Morgan fingerprint density at radius 2 is 1.50 bits per heavy atom. The van der Waals surface area contributed by atoms with Gasteiger partial charge >= 0.3 is 0 Å². The molecule has 1 unspecified atom stereocenters. The Morgan fingerprint density at radius 1 is 1.06 bits per heavy atom. The first-order valence-corrected chi connectivity index (χ1v) is 6.41. The van der Waals surface area contributed by atoms with E-state index in [-0.39, 0.29) is 5.41 Å². The summed E-state index contributed by atoms with van der Waals surface area (Å²) in [6, 6.07) is 7.52. The van der Waals surface area contributed by atoms with Crippen LogP contribution in [0.15, 0.2) is 24.3 Å². The minimum atomic E-state index is -0.398. The quantitative estimate of drug-likeness (QED) is 0.798. The van der Waals surface area contributed by atoms with Gasteiger partial charge in [-0.25, -0.2) is 0 Å². The third-order valence-electron chi connectivity index (χ3n) is 3.88. The maximum Gasteiger partial charge on any atom is 0.0845 e. The van der Waals surface area contributed by atoms with E-state index in [9.17, 15) is 5.11 Å². The molecule has 0 bridgehead atoms. The molecular formula is C14H21ClO. The van der Waals surface area contributed by atoms with Gasteiger partial charge in [-0.1, -0.05) is 44.5 Å². The maximum atomic E-state index is 10.5. The van der Waals surface area contributed by atoms with Crippen LogP contribution in [0.4, 0.5) is 0 Å². The van der Waals surface area contributed by atoms with E-state index in [0.717, 1.165) is 24.8 Å². The second kappa shape index (κ2) is 5.70. The van der Waals surface area contributed by atoms with E-state index in [2.05, 4.69) is 20.8 Å². The molecule has 90 valence electrons. The summed E-state index contributed by atoms with van der Waals surface area (Å²) in [5.41, 5.74) is 0.961. The number of benzene rings is 1. The predicted molar refractivity (Wildman–Crippen MR) is 69.7 cm³/mol. The number of halogens is 1. The molecule has 1 aromatic rings. The van der Waals surface area contributed by atoms with Gasteiger partial charge in [0.25, 0.3) is 0 Å². The van der Waals surface area contributed by atoms with Crippen molar-refractivity contribution in [3.8, 4) is 0 Å². The number of aliphatic hydroxyl groups is 1. The zero-order chi connectivity index (χ0) is 12.2. The molecule has 0 spiro atoms. The molecule has 0 fully saturated rings. The van der Waals surface area contributed by atoms with Gasteiger partial charge in [0.1, 0.15) is 0 Å². The molecule has 0 amide bonds. The highest BCUT2D eigenvalue weighted by molar-refractivity contribution is 6.30. The molecule has 1 rings (SSSR count). The highest BCUT2D eigenvalue weighted by atomic mass is 35.5. The molecule has 0 aliphatic carbocycles. The second-order valence-corrected chi connectivity index (χ2v) is 4.81. The fourth-order valence-electron chi connectivity index (χ4n) is 2.33. The van der Waals surface area contributed by atoms with Crippen molar-refractivity contribution in [2.45, 2.75) is 46.1 Å². The van der Waals surface area contributed by atoms with Crippen LogP contribution in [0.5, 0.6) is 0 Å². The fraction of sp³-hybridized carbons (Fsp3) is 0.571. The van der Waals surface area contributed by atoms with Gasteiger partial charge in [0.2, 0.25) is 0 Å². The average molecular weight is 241 g/mol. The van der Waals surface area contributed by atoms with Gasteiger partial charge in [0.15, 0.2) is 0 Å². The van der Waals surface area contributed by atoms with Crippen LogP contribution in [0.2, 0.25) is 5.02 Å². The van der Waals surface area contributed by atoms with Gasteiger partial charge < -0.3 is 5.11 Å². The molecule has 0 aliphatic heterocycles. The summed E-state index contributed by atoms with van der Waals surface area (Å²) in [6.07, 6.45) is 2.57. The minimum Gasteiger partial charge on any atom is -0.388 e. The number of hydrogen-bond donors (Lipinski definition) is 1. The van der Waals surface area contributed by atoms with Crippen LogP contribution in [-0.2, 0) is 0 Å². The van der Waals surface area contributed by atoms with Gasteiger partial charge in [-0.05, 0) is 42.4 Å². The number of aliphatic hydroxyl groups excluding tert-OH is 1.